The Morgan fingerprint density at radius 2 is 1.68 bits per heavy atom. The van der Waals surface area contributed by atoms with Gasteiger partial charge >= 0.3 is 0 Å². The van der Waals surface area contributed by atoms with Crippen molar-refractivity contribution in [2.45, 2.75) is 34.7 Å². The molecule has 0 bridgehead atoms. The third-order valence-corrected chi connectivity index (χ3v) is 8.49. The molecule has 5 nitrogen and oxygen atoms in total. The van der Waals surface area contributed by atoms with E-state index in [4.69, 9.17) is 16.3 Å². The predicted molar refractivity (Wildman–Crippen MR) is 96.7 cm³/mol. The van der Waals surface area contributed by atoms with Crippen molar-refractivity contribution in [3.63, 3.8) is 0 Å². The normalized spacial score (nSPS) is 26.1. The Morgan fingerprint density at radius 1 is 1.04 bits per heavy atom. The SMILES string of the molecule is O=S(=O)(c1ccc(Cl)cc1)[C@@]12CCC(O)(O)C[C@@H]1COc1c(F)ccc(F)c12. The fourth-order valence-electron chi connectivity index (χ4n) is 4.34. The van der Waals surface area contributed by atoms with E-state index in [1.807, 2.05) is 0 Å². The van der Waals surface area contributed by atoms with E-state index in [2.05, 4.69) is 0 Å². The van der Waals surface area contributed by atoms with Gasteiger partial charge in [-0.05, 0) is 42.8 Å². The summed E-state index contributed by atoms with van der Waals surface area (Å²) in [4.78, 5) is -0.109. The predicted octanol–water partition coefficient (Wildman–Crippen LogP) is 3.16. The second-order valence-electron chi connectivity index (χ2n) is 7.27. The van der Waals surface area contributed by atoms with Crippen LogP contribution in [-0.4, -0.2) is 31.0 Å². The second kappa shape index (κ2) is 6.38. The molecule has 150 valence electrons. The molecule has 0 radical (unpaired) electrons. The maximum Gasteiger partial charge on any atom is 0.188 e. The average molecular weight is 431 g/mol. The summed E-state index contributed by atoms with van der Waals surface area (Å²) in [5, 5.41) is 20.5. The zero-order valence-electron chi connectivity index (χ0n) is 14.5. The number of ether oxygens (including phenoxy) is 1. The van der Waals surface area contributed by atoms with Crippen LogP contribution in [0, 0.1) is 17.6 Å². The fourth-order valence-corrected chi connectivity index (χ4v) is 6.80. The molecule has 0 amide bonds. The van der Waals surface area contributed by atoms with Gasteiger partial charge in [-0.15, -0.1) is 0 Å². The lowest BCUT2D eigenvalue weighted by molar-refractivity contribution is -0.200. The van der Waals surface area contributed by atoms with Gasteiger partial charge in [0.1, 0.15) is 10.6 Å². The number of sulfone groups is 1. The van der Waals surface area contributed by atoms with Gasteiger partial charge in [0.05, 0.1) is 17.1 Å². The Bertz CT molecular complexity index is 1040. The summed E-state index contributed by atoms with van der Waals surface area (Å²) in [5.41, 5.74) is -0.394. The Labute approximate surface area is 165 Å². The van der Waals surface area contributed by atoms with E-state index in [-0.39, 0.29) is 30.8 Å². The van der Waals surface area contributed by atoms with Crippen molar-refractivity contribution in [2.24, 2.45) is 5.92 Å². The molecular weight excluding hydrogens is 414 g/mol. The third kappa shape index (κ3) is 2.74. The summed E-state index contributed by atoms with van der Waals surface area (Å²) in [6, 6.07) is 7.13. The van der Waals surface area contributed by atoms with E-state index in [0.717, 1.165) is 12.1 Å². The molecule has 9 heteroatoms. The minimum atomic E-state index is -4.27. The van der Waals surface area contributed by atoms with Gasteiger partial charge in [0, 0.05) is 23.8 Å². The molecule has 2 aromatic rings. The Balaban J connectivity index is 2.02. The summed E-state index contributed by atoms with van der Waals surface area (Å²) in [6.07, 6.45) is -0.965. The molecule has 2 atom stereocenters. The quantitative estimate of drug-likeness (QED) is 0.715. The number of hydrogen-bond donors (Lipinski definition) is 2. The highest BCUT2D eigenvalue weighted by atomic mass is 35.5. The van der Waals surface area contributed by atoms with E-state index in [1.165, 1.54) is 24.3 Å². The van der Waals surface area contributed by atoms with E-state index in [0.29, 0.717) is 5.02 Å². The lowest BCUT2D eigenvalue weighted by atomic mass is 9.71. The van der Waals surface area contributed by atoms with Crippen molar-refractivity contribution in [1.29, 1.82) is 0 Å². The number of hydrogen-bond acceptors (Lipinski definition) is 5. The number of rotatable bonds is 2. The van der Waals surface area contributed by atoms with Crippen LogP contribution >= 0.6 is 11.6 Å². The van der Waals surface area contributed by atoms with Crippen molar-refractivity contribution >= 4 is 21.4 Å². The topological polar surface area (TPSA) is 83.8 Å². The lowest BCUT2D eigenvalue weighted by Crippen LogP contribution is -2.56. The highest BCUT2D eigenvalue weighted by Crippen LogP contribution is 2.57. The fraction of sp³-hybridized carbons (Fsp3) is 0.368. The van der Waals surface area contributed by atoms with Crippen LogP contribution in [0.15, 0.2) is 41.3 Å². The van der Waals surface area contributed by atoms with Gasteiger partial charge in [-0.3, -0.25) is 0 Å². The minimum Gasteiger partial charge on any atom is -0.490 e. The van der Waals surface area contributed by atoms with Crippen LogP contribution in [0.3, 0.4) is 0 Å². The summed E-state index contributed by atoms with van der Waals surface area (Å²) in [7, 11) is -4.27. The van der Waals surface area contributed by atoms with Gasteiger partial charge < -0.3 is 14.9 Å². The molecule has 1 saturated carbocycles. The highest BCUT2D eigenvalue weighted by molar-refractivity contribution is 7.92. The molecule has 28 heavy (non-hydrogen) atoms. The van der Waals surface area contributed by atoms with Crippen molar-refractivity contribution in [1.82, 2.24) is 0 Å². The van der Waals surface area contributed by atoms with Crippen LogP contribution in [0.5, 0.6) is 5.75 Å². The summed E-state index contributed by atoms with van der Waals surface area (Å²) in [5.74, 6) is -5.33. The van der Waals surface area contributed by atoms with Gasteiger partial charge in [0.15, 0.2) is 27.2 Å². The molecule has 0 spiro atoms. The number of halogens is 3. The molecule has 0 unspecified atom stereocenters. The van der Waals surface area contributed by atoms with Crippen LogP contribution in [-0.2, 0) is 14.6 Å². The van der Waals surface area contributed by atoms with Gasteiger partial charge in [-0.1, -0.05) is 11.6 Å². The molecule has 2 N–H and O–H groups in total. The Morgan fingerprint density at radius 3 is 2.36 bits per heavy atom. The zero-order valence-corrected chi connectivity index (χ0v) is 16.1. The van der Waals surface area contributed by atoms with Gasteiger partial charge in [0.25, 0.3) is 0 Å². The van der Waals surface area contributed by atoms with Crippen molar-refractivity contribution < 1.29 is 32.1 Å². The molecule has 0 aromatic heterocycles. The van der Waals surface area contributed by atoms with E-state index in [9.17, 15) is 27.4 Å². The van der Waals surface area contributed by atoms with Crippen LogP contribution in [0.4, 0.5) is 8.78 Å². The van der Waals surface area contributed by atoms with E-state index in [1.54, 1.807) is 0 Å². The largest absolute Gasteiger partial charge is 0.490 e. The zero-order chi connectivity index (χ0) is 20.3. The molecule has 1 fully saturated rings. The maximum atomic E-state index is 14.9. The second-order valence-corrected chi connectivity index (χ2v) is 9.92. The van der Waals surface area contributed by atoms with Crippen molar-refractivity contribution in [2.75, 3.05) is 6.61 Å². The summed E-state index contributed by atoms with van der Waals surface area (Å²) < 4.78 is 60.2. The third-order valence-electron chi connectivity index (χ3n) is 5.64. The van der Waals surface area contributed by atoms with Gasteiger partial charge in [-0.2, -0.15) is 0 Å². The standard InChI is InChI=1S/C19H17ClF2O5S/c20-12-1-3-13(4-2-12)28(25,26)19-8-7-18(23,24)9-11(19)10-27-17-15(22)6-5-14(21)16(17)19/h1-6,11,23-24H,7-10H2/t11-,19+/m1/s1. The first kappa shape index (κ1) is 19.6. The summed E-state index contributed by atoms with van der Waals surface area (Å²) >= 11 is 5.86. The maximum absolute atomic E-state index is 14.9. The molecule has 2 aromatic carbocycles. The van der Waals surface area contributed by atoms with Crippen LogP contribution in [0.2, 0.25) is 5.02 Å². The smallest absolute Gasteiger partial charge is 0.188 e. The monoisotopic (exact) mass is 430 g/mol. The Kier molecular flexibility index (Phi) is 4.46. The molecule has 0 saturated heterocycles. The van der Waals surface area contributed by atoms with Gasteiger partial charge in [-0.25, -0.2) is 17.2 Å². The first-order chi connectivity index (χ1) is 13.1. The van der Waals surface area contributed by atoms with Crippen LogP contribution in [0.25, 0.3) is 0 Å². The molecule has 1 aliphatic heterocycles. The van der Waals surface area contributed by atoms with E-state index < -0.39 is 49.2 Å². The summed E-state index contributed by atoms with van der Waals surface area (Å²) in [6.45, 7) is -0.289. The number of aliphatic hydroxyl groups is 2. The molecular formula is C19H17ClF2O5S. The van der Waals surface area contributed by atoms with E-state index >= 15 is 0 Å². The molecule has 4 rings (SSSR count). The average Bonchev–Trinajstić information content (AvgIpc) is 2.63. The lowest BCUT2D eigenvalue weighted by Gasteiger charge is -2.50. The molecule has 2 aliphatic rings. The minimum absolute atomic E-state index is 0.109. The van der Waals surface area contributed by atoms with Gasteiger partial charge in [0.2, 0.25) is 0 Å². The molecule has 1 heterocycles. The van der Waals surface area contributed by atoms with Crippen LogP contribution < -0.4 is 4.74 Å². The first-order valence-electron chi connectivity index (χ1n) is 8.65. The number of fused-ring (bicyclic) bond motifs is 3. The molecule has 1 aliphatic carbocycles. The van der Waals surface area contributed by atoms with Crippen molar-refractivity contribution in [3.8, 4) is 5.75 Å². The highest BCUT2D eigenvalue weighted by Gasteiger charge is 2.61. The first-order valence-corrected chi connectivity index (χ1v) is 10.5. The van der Waals surface area contributed by atoms with Crippen LogP contribution in [0.1, 0.15) is 24.8 Å². The Hall–Kier alpha value is -1.74. The van der Waals surface area contributed by atoms with Crippen molar-refractivity contribution in [3.05, 3.63) is 58.6 Å². The number of benzene rings is 2.